The number of alkyl halides is 6. The third kappa shape index (κ3) is 7.45. The molecule has 0 spiro atoms. The van der Waals surface area contributed by atoms with E-state index in [0.717, 1.165) is 42.4 Å². The number of pyridine rings is 1. The van der Waals surface area contributed by atoms with Crippen molar-refractivity contribution in [3.8, 4) is 0 Å². The summed E-state index contributed by atoms with van der Waals surface area (Å²) in [5.74, 6) is 0.935. The Kier molecular flexibility index (Phi) is 9.28. The van der Waals surface area contributed by atoms with Gasteiger partial charge in [0, 0.05) is 35.5 Å². The minimum absolute atomic E-state index is 0.0715. The second-order valence-electron chi connectivity index (χ2n) is 12.0. The normalized spacial score (nSPS) is 21.7. The van der Waals surface area contributed by atoms with Gasteiger partial charge in [-0.05, 0) is 97.0 Å². The van der Waals surface area contributed by atoms with Gasteiger partial charge in [0.15, 0.2) is 5.11 Å². The van der Waals surface area contributed by atoms with Crippen molar-refractivity contribution < 1.29 is 31.1 Å². The van der Waals surface area contributed by atoms with Gasteiger partial charge in [-0.15, -0.1) is 6.58 Å². The van der Waals surface area contributed by atoms with E-state index in [4.69, 9.17) is 17.0 Å². The van der Waals surface area contributed by atoms with Gasteiger partial charge in [-0.3, -0.25) is 9.88 Å². The molecule has 1 unspecified atom stereocenters. The predicted molar refractivity (Wildman–Crippen MR) is 174 cm³/mol. The smallest absolute Gasteiger partial charge is 0.367 e. The quantitative estimate of drug-likeness (QED) is 0.111. The number of piperidine rings is 3. The number of hydrogen-bond donors (Lipinski definition) is 2. The molecule has 2 N–H and O–H groups in total. The molecule has 0 radical (unpaired) electrons. The van der Waals surface area contributed by atoms with Crippen molar-refractivity contribution in [3.05, 3.63) is 114 Å². The number of anilines is 2. The van der Waals surface area contributed by atoms with Crippen LogP contribution in [0.25, 0.3) is 10.9 Å². The fourth-order valence-electron chi connectivity index (χ4n) is 6.67. The molecule has 0 aliphatic carbocycles. The van der Waals surface area contributed by atoms with Gasteiger partial charge in [-0.25, -0.2) is 0 Å². The Balaban J connectivity index is 1.29. The number of rotatable bonds is 8. The number of thiocarbonyl (C=S) groups is 1. The SMILES string of the molecule is C=C[C@H]1CN2CC[C@H]1C[C@@H]2[C@@H](OCc1ccccc1)c1ccnc2ccc(NC(=S)Nc3cc(C(F)(F)F)cc(C(F)(F)F)c3)cc12. The molecule has 12 heteroatoms. The number of ether oxygens (including phenoxy) is 1. The molecular weight excluding hydrogens is 638 g/mol. The van der Waals surface area contributed by atoms with E-state index in [1.165, 1.54) is 0 Å². The molecule has 7 rings (SSSR count). The summed E-state index contributed by atoms with van der Waals surface area (Å²) < 4.78 is 87.0. The maximum Gasteiger partial charge on any atom is 0.416 e. The minimum atomic E-state index is -4.98. The van der Waals surface area contributed by atoms with E-state index in [2.05, 4.69) is 27.1 Å². The highest BCUT2D eigenvalue weighted by atomic mass is 32.1. The highest BCUT2D eigenvalue weighted by Crippen LogP contribution is 2.44. The first-order valence-electron chi connectivity index (χ1n) is 15.2. The summed E-state index contributed by atoms with van der Waals surface area (Å²) in [5, 5.41) is 6.01. The third-order valence-electron chi connectivity index (χ3n) is 8.96. The van der Waals surface area contributed by atoms with E-state index < -0.39 is 29.2 Å². The summed E-state index contributed by atoms with van der Waals surface area (Å²) >= 11 is 5.32. The zero-order valence-electron chi connectivity index (χ0n) is 25.1. The molecule has 3 aliphatic heterocycles. The molecule has 3 aliphatic rings. The van der Waals surface area contributed by atoms with E-state index in [9.17, 15) is 26.3 Å². The molecule has 4 heterocycles. The fourth-order valence-corrected chi connectivity index (χ4v) is 6.91. The molecule has 3 fully saturated rings. The second kappa shape index (κ2) is 13.2. The molecule has 3 aromatic carbocycles. The van der Waals surface area contributed by atoms with Crippen LogP contribution in [0.3, 0.4) is 0 Å². The maximum atomic E-state index is 13.4. The summed E-state index contributed by atoms with van der Waals surface area (Å²) in [6.45, 7) is 6.32. The second-order valence-corrected chi connectivity index (χ2v) is 12.4. The van der Waals surface area contributed by atoms with Gasteiger partial charge in [-0.2, -0.15) is 26.3 Å². The van der Waals surface area contributed by atoms with Gasteiger partial charge in [0.05, 0.1) is 29.4 Å². The predicted octanol–water partition coefficient (Wildman–Crippen LogP) is 9.24. The Morgan fingerprint density at radius 2 is 1.66 bits per heavy atom. The van der Waals surface area contributed by atoms with Gasteiger partial charge >= 0.3 is 12.4 Å². The standard InChI is InChI=1S/C35H32F6N4OS/c1-2-22-19-45-13-11-23(22)14-31(45)32(46-20-21-6-4-3-5-7-21)28-10-12-42-30-9-8-26(18-29(28)30)43-33(47)44-27-16-24(34(36,37)38)15-25(17-27)35(39,40)41/h2-10,12,15-18,22-23,31-32H,1,11,13-14,19-20H2,(H2,43,44,47)/t22-,23-,31+,32-/m0/s1. The van der Waals surface area contributed by atoms with Crippen molar-refractivity contribution in [2.45, 2.75) is 43.9 Å². The Labute approximate surface area is 273 Å². The average molecular weight is 671 g/mol. The van der Waals surface area contributed by atoms with Crippen molar-refractivity contribution in [2.24, 2.45) is 11.8 Å². The third-order valence-corrected chi connectivity index (χ3v) is 9.17. The summed E-state index contributed by atoms with van der Waals surface area (Å²) in [4.78, 5) is 7.01. The van der Waals surface area contributed by atoms with Gasteiger partial charge in [0.25, 0.3) is 0 Å². The van der Waals surface area contributed by atoms with Gasteiger partial charge in [0.1, 0.15) is 0 Å². The van der Waals surface area contributed by atoms with Crippen LogP contribution in [-0.2, 0) is 23.7 Å². The van der Waals surface area contributed by atoms with Crippen molar-refractivity contribution in [2.75, 3.05) is 23.7 Å². The topological polar surface area (TPSA) is 49.4 Å². The number of hydrogen-bond acceptors (Lipinski definition) is 4. The summed E-state index contributed by atoms with van der Waals surface area (Å²) in [6, 6.07) is 18.5. The van der Waals surface area contributed by atoms with Crippen molar-refractivity contribution in [1.82, 2.24) is 9.88 Å². The Morgan fingerprint density at radius 1 is 0.957 bits per heavy atom. The van der Waals surface area contributed by atoms with Crippen LogP contribution in [0.2, 0.25) is 0 Å². The molecule has 4 aromatic rings. The molecule has 0 amide bonds. The lowest BCUT2D eigenvalue weighted by molar-refractivity contribution is -0.143. The summed E-state index contributed by atoms with van der Waals surface area (Å²) in [6.07, 6.45) is -4.42. The lowest BCUT2D eigenvalue weighted by Gasteiger charge is -2.51. The molecule has 3 saturated heterocycles. The zero-order chi connectivity index (χ0) is 33.3. The first kappa shape index (κ1) is 32.9. The number of fused-ring (bicyclic) bond motifs is 4. The highest BCUT2D eigenvalue weighted by Gasteiger charge is 2.43. The highest BCUT2D eigenvalue weighted by molar-refractivity contribution is 7.80. The fraction of sp³-hybridized carbons (Fsp3) is 0.314. The van der Waals surface area contributed by atoms with E-state index in [0.29, 0.717) is 41.8 Å². The molecule has 5 atom stereocenters. The largest absolute Gasteiger partial charge is 0.416 e. The van der Waals surface area contributed by atoms with E-state index in [-0.39, 0.29) is 23.3 Å². The van der Waals surface area contributed by atoms with E-state index in [1.807, 2.05) is 48.5 Å². The monoisotopic (exact) mass is 670 g/mol. The lowest BCUT2D eigenvalue weighted by Crippen LogP contribution is -2.55. The van der Waals surface area contributed by atoms with Crippen LogP contribution in [0, 0.1) is 11.8 Å². The van der Waals surface area contributed by atoms with E-state index >= 15 is 0 Å². The first-order valence-corrected chi connectivity index (χ1v) is 15.6. The molecule has 1 aromatic heterocycles. The van der Waals surface area contributed by atoms with Crippen LogP contribution in [0.4, 0.5) is 37.7 Å². The van der Waals surface area contributed by atoms with Crippen LogP contribution in [-0.4, -0.2) is 34.1 Å². The first-order chi connectivity index (χ1) is 22.4. The lowest BCUT2D eigenvalue weighted by atomic mass is 9.73. The number of nitrogens with one attached hydrogen (secondary N) is 2. The Bertz CT molecular complexity index is 1730. The molecule has 0 saturated carbocycles. The van der Waals surface area contributed by atoms with Crippen LogP contribution in [0.15, 0.2) is 91.6 Å². The van der Waals surface area contributed by atoms with Gasteiger partial charge < -0.3 is 15.4 Å². The van der Waals surface area contributed by atoms with Crippen LogP contribution < -0.4 is 10.6 Å². The number of aromatic nitrogens is 1. The summed E-state index contributed by atoms with van der Waals surface area (Å²) in [5.41, 5.74) is -0.174. The average Bonchev–Trinajstić information content (AvgIpc) is 3.04. The zero-order valence-corrected chi connectivity index (χ0v) is 25.9. The van der Waals surface area contributed by atoms with Gasteiger partial charge in [0.2, 0.25) is 0 Å². The molecule has 246 valence electrons. The Morgan fingerprint density at radius 3 is 2.30 bits per heavy atom. The molecular formula is C35H32F6N4OS. The van der Waals surface area contributed by atoms with Crippen molar-refractivity contribution >= 4 is 39.6 Å². The number of benzene rings is 3. The molecule has 5 nitrogen and oxygen atoms in total. The van der Waals surface area contributed by atoms with Crippen molar-refractivity contribution in [3.63, 3.8) is 0 Å². The molecule has 47 heavy (non-hydrogen) atoms. The Hall–Kier alpha value is -4.00. The maximum absolute atomic E-state index is 13.4. The number of halogens is 6. The van der Waals surface area contributed by atoms with E-state index in [1.54, 1.807) is 18.3 Å². The van der Waals surface area contributed by atoms with Crippen LogP contribution in [0.5, 0.6) is 0 Å². The van der Waals surface area contributed by atoms with Crippen LogP contribution in [0.1, 0.15) is 41.2 Å². The van der Waals surface area contributed by atoms with Crippen molar-refractivity contribution in [1.29, 1.82) is 0 Å². The minimum Gasteiger partial charge on any atom is -0.367 e. The van der Waals surface area contributed by atoms with Gasteiger partial charge in [-0.1, -0.05) is 36.4 Å². The van der Waals surface area contributed by atoms with Crippen LogP contribution >= 0.6 is 12.2 Å². The summed E-state index contributed by atoms with van der Waals surface area (Å²) in [7, 11) is 0. The molecule has 2 bridgehead atoms. The number of nitrogens with zero attached hydrogens (tertiary/aromatic N) is 2.